The second-order valence-corrected chi connectivity index (χ2v) is 6.45. The van der Waals surface area contributed by atoms with Crippen LogP contribution in [-0.2, 0) is 9.59 Å². The Hall–Kier alpha value is -3.06. The number of amides is 2. The maximum atomic E-state index is 12.7. The van der Waals surface area contributed by atoms with Gasteiger partial charge in [0.25, 0.3) is 11.8 Å². The minimum absolute atomic E-state index is 0.0290. The summed E-state index contributed by atoms with van der Waals surface area (Å²) in [5, 5.41) is 1.22. The Balaban J connectivity index is 1.95. The summed E-state index contributed by atoms with van der Waals surface area (Å²) in [6, 6.07) is 12.3. The van der Waals surface area contributed by atoms with E-state index in [0.29, 0.717) is 33.8 Å². The summed E-state index contributed by atoms with van der Waals surface area (Å²) in [4.78, 5) is 25.0. The molecule has 0 bridgehead atoms. The third-order valence-electron chi connectivity index (χ3n) is 3.85. The topological polar surface area (TPSA) is 67.9 Å². The van der Waals surface area contributed by atoms with Gasteiger partial charge in [-0.3, -0.25) is 15.0 Å². The molecule has 138 valence electrons. The largest absolute Gasteiger partial charge is 0.493 e. The first-order chi connectivity index (χ1) is 13.0. The molecule has 3 rings (SSSR count). The van der Waals surface area contributed by atoms with E-state index in [-0.39, 0.29) is 5.57 Å². The number of benzene rings is 2. The van der Waals surface area contributed by atoms with Gasteiger partial charge in [0.2, 0.25) is 0 Å². The fourth-order valence-electron chi connectivity index (χ4n) is 2.55. The smallest absolute Gasteiger partial charge is 0.282 e. The lowest BCUT2D eigenvalue weighted by Crippen LogP contribution is -2.35. The number of hydrazine groups is 1. The Morgan fingerprint density at radius 1 is 1.19 bits per heavy atom. The van der Waals surface area contributed by atoms with Crippen LogP contribution in [0.3, 0.4) is 0 Å². The maximum Gasteiger partial charge on any atom is 0.282 e. The minimum atomic E-state index is -0.471. The average molecular weight is 429 g/mol. The Kier molecular flexibility index (Phi) is 5.61. The second-order valence-electron chi connectivity index (χ2n) is 5.60. The zero-order valence-electron chi connectivity index (χ0n) is 14.6. The zero-order valence-corrected chi connectivity index (χ0v) is 16.2. The van der Waals surface area contributed by atoms with Gasteiger partial charge in [0, 0.05) is 4.47 Å². The average Bonchev–Trinajstić information content (AvgIpc) is 2.96. The van der Waals surface area contributed by atoms with Crippen LogP contribution in [0.4, 0.5) is 5.69 Å². The molecule has 2 aromatic carbocycles. The quantitative estimate of drug-likeness (QED) is 0.434. The number of nitrogens with zero attached hydrogens (tertiary/aromatic N) is 1. The SMILES string of the molecule is C=CCOc1cc(Br)c(/C=C2\C(=O)NN(c3ccccc3)C2=O)cc1OC. The first-order valence-electron chi connectivity index (χ1n) is 8.08. The normalized spacial score (nSPS) is 15.0. The first kappa shape index (κ1) is 18.7. The lowest BCUT2D eigenvalue weighted by atomic mass is 10.1. The molecule has 2 aromatic rings. The third kappa shape index (κ3) is 3.88. The van der Waals surface area contributed by atoms with Crippen molar-refractivity contribution in [2.45, 2.75) is 0 Å². The van der Waals surface area contributed by atoms with E-state index in [1.807, 2.05) is 6.07 Å². The van der Waals surface area contributed by atoms with Gasteiger partial charge in [0.05, 0.1) is 12.8 Å². The molecule has 1 N–H and O–H groups in total. The molecule has 0 aromatic heterocycles. The third-order valence-corrected chi connectivity index (χ3v) is 4.53. The van der Waals surface area contributed by atoms with Crippen LogP contribution in [-0.4, -0.2) is 25.5 Å². The molecule has 1 aliphatic heterocycles. The van der Waals surface area contributed by atoms with Crippen molar-refractivity contribution in [2.75, 3.05) is 18.7 Å². The van der Waals surface area contributed by atoms with Gasteiger partial charge in [-0.25, -0.2) is 5.01 Å². The molecule has 0 saturated carbocycles. The fraction of sp³-hybridized carbons (Fsp3) is 0.100. The second kappa shape index (κ2) is 8.09. The van der Waals surface area contributed by atoms with Crippen LogP contribution in [0.2, 0.25) is 0 Å². The van der Waals surface area contributed by atoms with Crippen LogP contribution in [0.5, 0.6) is 11.5 Å². The molecule has 1 saturated heterocycles. The van der Waals surface area contributed by atoms with E-state index < -0.39 is 11.8 Å². The van der Waals surface area contributed by atoms with Crippen molar-refractivity contribution in [3.05, 3.63) is 70.7 Å². The summed E-state index contributed by atoms with van der Waals surface area (Å²) in [5.41, 5.74) is 3.80. The summed E-state index contributed by atoms with van der Waals surface area (Å²) in [6.07, 6.45) is 3.15. The van der Waals surface area contributed by atoms with Crippen LogP contribution in [0.1, 0.15) is 5.56 Å². The molecular formula is C20H17BrN2O4. The van der Waals surface area contributed by atoms with Crippen LogP contribution in [0.25, 0.3) is 6.08 Å². The van der Waals surface area contributed by atoms with Crippen LogP contribution >= 0.6 is 15.9 Å². The highest BCUT2D eigenvalue weighted by Crippen LogP contribution is 2.35. The van der Waals surface area contributed by atoms with Crippen molar-refractivity contribution in [1.29, 1.82) is 0 Å². The molecule has 1 heterocycles. The number of anilines is 1. The van der Waals surface area contributed by atoms with Gasteiger partial charge < -0.3 is 9.47 Å². The molecule has 0 spiro atoms. The zero-order chi connectivity index (χ0) is 19.4. The highest BCUT2D eigenvalue weighted by Gasteiger charge is 2.34. The standard InChI is InChI=1S/C20H17BrN2O4/c1-3-9-27-18-12-16(21)13(11-17(18)26-2)10-15-19(24)22-23(20(15)25)14-7-5-4-6-8-14/h3-8,10-12H,1,9H2,2H3,(H,22,24)/b15-10+. The van der Waals surface area contributed by atoms with Gasteiger partial charge >= 0.3 is 0 Å². The minimum Gasteiger partial charge on any atom is -0.493 e. The number of para-hydroxylation sites is 1. The van der Waals surface area contributed by atoms with Crippen molar-refractivity contribution < 1.29 is 19.1 Å². The Morgan fingerprint density at radius 3 is 2.59 bits per heavy atom. The summed E-state index contributed by atoms with van der Waals surface area (Å²) in [6.45, 7) is 3.94. The lowest BCUT2D eigenvalue weighted by Gasteiger charge is -2.14. The van der Waals surface area contributed by atoms with Gasteiger partial charge in [0.1, 0.15) is 12.2 Å². The molecule has 0 aliphatic carbocycles. The monoisotopic (exact) mass is 428 g/mol. The fourth-order valence-corrected chi connectivity index (χ4v) is 2.99. The summed E-state index contributed by atoms with van der Waals surface area (Å²) in [7, 11) is 1.52. The molecule has 27 heavy (non-hydrogen) atoms. The van der Waals surface area contributed by atoms with Crippen LogP contribution < -0.4 is 19.9 Å². The number of halogens is 1. The van der Waals surface area contributed by atoms with E-state index in [2.05, 4.69) is 27.9 Å². The molecule has 7 heteroatoms. The molecular weight excluding hydrogens is 412 g/mol. The van der Waals surface area contributed by atoms with E-state index in [1.54, 1.807) is 42.5 Å². The summed E-state index contributed by atoms with van der Waals surface area (Å²) < 4.78 is 11.6. The number of carbonyl (C=O) groups excluding carboxylic acids is 2. The number of carbonyl (C=O) groups is 2. The van der Waals surface area contributed by atoms with E-state index in [0.717, 1.165) is 0 Å². The summed E-state index contributed by atoms with van der Waals surface area (Å²) >= 11 is 3.45. The Labute approximate surface area is 165 Å². The highest BCUT2D eigenvalue weighted by atomic mass is 79.9. The van der Waals surface area contributed by atoms with Crippen molar-refractivity contribution in [3.8, 4) is 11.5 Å². The lowest BCUT2D eigenvalue weighted by molar-refractivity contribution is -0.117. The van der Waals surface area contributed by atoms with Gasteiger partial charge in [0.15, 0.2) is 11.5 Å². The van der Waals surface area contributed by atoms with Crippen molar-refractivity contribution >= 4 is 39.5 Å². The molecule has 6 nitrogen and oxygen atoms in total. The van der Waals surface area contributed by atoms with E-state index in [4.69, 9.17) is 9.47 Å². The molecule has 2 amide bonds. The van der Waals surface area contributed by atoms with Gasteiger partial charge in [-0.05, 0) is 35.9 Å². The number of methoxy groups -OCH3 is 1. The molecule has 0 atom stereocenters. The maximum absolute atomic E-state index is 12.7. The van der Waals surface area contributed by atoms with E-state index in [1.165, 1.54) is 18.2 Å². The van der Waals surface area contributed by atoms with Crippen molar-refractivity contribution in [2.24, 2.45) is 0 Å². The molecule has 1 fully saturated rings. The molecule has 1 aliphatic rings. The van der Waals surface area contributed by atoms with E-state index in [9.17, 15) is 9.59 Å². The van der Waals surface area contributed by atoms with Crippen LogP contribution in [0, 0.1) is 0 Å². The van der Waals surface area contributed by atoms with Crippen molar-refractivity contribution in [1.82, 2.24) is 5.43 Å². The predicted octanol–water partition coefficient (Wildman–Crippen LogP) is 3.48. The number of hydrogen-bond donors (Lipinski definition) is 1. The van der Waals surface area contributed by atoms with Gasteiger partial charge in [-0.2, -0.15) is 0 Å². The summed E-state index contributed by atoms with van der Waals surface area (Å²) in [5.74, 6) is 0.114. The van der Waals surface area contributed by atoms with E-state index >= 15 is 0 Å². The predicted molar refractivity (Wildman–Crippen MR) is 106 cm³/mol. The van der Waals surface area contributed by atoms with Crippen molar-refractivity contribution in [3.63, 3.8) is 0 Å². The number of nitrogens with one attached hydrogen (secondary N) is 1. The number of hydrogen-bond acceptors (Lipinski definition) is 4. The number of ether oxygens (including phenoxy) is 2. The van der Waals surface area contributed by atoms with Crippen LogP contribution in [0.15, 0.2) is 65.2 Å². The van der Waals surface area contributed by atoms with Gasteiger partial charge in [-0.1, -0.05) is 46.8 Å². The Bertz CT molecular complexity index is 925. The molecule has 0 radical (unpaired) electrons. The first-order valence-corrected chi connectivity index (χ1v) is 8.88. The Morgan fingerprint density at radius 2 is 1.93 bits per heavy atom. The van der Waals surface area contributed by atoms with Gasteiger partial charge in [-0.15, -0.1) is 0 Å². The number of rotatable bonds is 6. The molecule has 0 unspecified atom stereocenters. The highest BCUT2D eigenvalue weighted by molar-refractivity contribution is 9.10.